The molecule has 2 unspecified atom stereocenters. The summed E-state index contributed by atoms with van der Waals surface area (Å²) in [5.41, 5.74) is 2.27. The molecule has 0 amide bonds. The Morgan fingerprint density at radius 1 is 1.30 bits per heavy atom. The van der Waals surface area contributed by atoms with Crippen molar-refractivity contribution in [2.24, 2.45) is 0 Å². The number of hydrogen-bond donors (Lipinski definition) is 1. The monoisotopic (exact) mass is 291 g/mol. The van der Waals surface area contributed by atoms with Gasteiger partial charge in [-0.2, -0.15) is 0 Å². The van der Waals surface area contributed by atoms with E-state index in [1.54, 1.807) is 12.1 Å². The van der Waals surface area contributed by atoms with Crippen LogP contribution in [-0.4, -0.2) is 17.0 Å². The third-order valence-corrected chi connectivity index (χ3v) is 5.38. The van der Waals surface area contributed by atoms with Crippen molar-refractivity contribution in [3.63, 3.8) is 0 Å². The van der Waals surface area contributed by atoms with Gasteiger partial charge < -0.3 is 0 Å². The second kappa shape index (κ2) is 4.60. The summed E-state index contributed by atoms with van der Waals surface area (Å²) in [6.45, 7) is 4.52. The van der Waals surface area contributed by atoms with Crippen molar-refractivity contribution < 1.29 is 4.92 Å². The van der Waals surface area contributed by atoms with E-state index in [2.05, 4.69) is 13.8 Å². The van der Waals surface area contributed by atoms with Gasteiger partial charge in [0.15, 0.2) is 5.03 Å². The van der Waals surface area contributed by atoms with Gasteiger partial charge in [-0.05, 0) is 20.3 Å². The maximum absolute atomic E-state index is 10.9. The quantitative estimate of drug-likeness (QED) is 0.366. The van der Waals surface area contributed by atoms with Crippen LogP contribution in [0.4, 0.5) is 11.4 Å². The van der Waals surface area contributed by atoms with E-state index >= 15 is 0 Å². The van der Waals surface area contributed by atoms with Crippen molar-refractivity contribution in [3.05, 3.63) is 38.9 Å². The second-order valence-corrected chi connectivity index (χ2v) is 6.37. The molecule has 0 bridgehead atoms. The zero-order valence-corrected chi connectivity index (χ0v) is 12.6. The molecule has 20 heavy (non-hydrogen) atoms. The lowest BCUT2D eigenvalue weighted by atomic mass is 9.93. The maximum Gasteiger partial charge on any atom is 0.270 e. The van der Waals surface area contributed by atoms with Crippen LogP contribution in [0.1, 0.15) is 38.7 Å². The third kappa shape index (κ3) is 1.66. The summed E-state index contributed by atoms with van der Waals surface area (Å²) in [5, 5.41) is 12.0. The molecule has 2 atom stereocenters. The molecular weight excluding hydrogens is 272 g/mol. The van der Waals surface area contributed by atoms with Gasteiger partial charge >= 0.3 is 0 Å². The van der Waals surface area contributed by atoms with E-state index in [0.717, 1.165) is 15.1 Å². The molecule has 3 rings (SSSR count). The molecule has 5 heteroatoms. The highest BCUT2D eigenvalue weighted by molar-refractivity contribution is 7.84. The Labute approximate surface area is 124 Å². The van der Waals surface area contributed by atoms with Gasteiger partial charge in [0.1, 0.15) is 5.69 Å². The average molecular weight is 291 g/mol. The second-order valence-electron chi connectivity index (χ2n) is 5.91. The molecular formula is C15H19N2O2S+. The van der Waals surface area contributed by atoms with Crippen LogP contribution in [0, 0.1) is 10.1 Å². The normalized spacial score (nSPS) is 32.0. The van der Waals surface area contributed by atoms with Crippen molar-refractivity contribution in [2.45, 2.75) is 45.2 Å². The van der Waals surface area contributed by atoms with E-state index in [-0.39, 0.29) is 10.6 Å². The first kappa shape index (κ1) is 13.6. The molecule has 4 nitrogen and oxygen atoms in total. The summed E-state index contributed by atoms with van der Waals surface area (Å²) in [5.74, 6) is 0. The lowest BCUT2D eigenvalue weighted by Crippen LogP contribution is -2.60. The summed E-state index contributed by atoms with van der Waals surface area (Å²) in [6.07, 6.45) is 5.58. The summed E-state index contributed by atoms with van der Waals surface area (Å²) >= 11 is 4.73. The largest absolute Gasteiger partial charge is 0.270 e. The Kier molecular flexibility index (Phi) is 3.14. The molecule has 2 aliphatic rings. The summed E-state index contributed by atoms with van der Waals surface area (Å²) < 4.78 is 0.760. The zero-order valence-electron chi connectivity index (χ0n) is 11.7. The first-order valence-corrected chi connectivity index (χ1v) is 7.51. The number of rotatable bonds is 1. The van der Waals surface area contributed by atoms with Gasteiger partial charge in [-0.1, -0.05) is 12.6 Å². The van der Waals surface area contributed by atoms with Crippen LogP contribution in [-0.2, 0) is 0 Å². The zero-order chi connectivity index (χ0) is 14.5. The van der Waals surface area contributed by atoms with Gasteiger partial charge in [-0.25, -0.2) is 4.48 Å². The van der Waals surface area contributed by atoms with E-state index in [4.69, 9.17) is 12.6 Å². The number of fused-ring (bicyclic) bond motifs is 2. The molecule has 1 saturated heterocycles. The Morgan fingerprint density at radius 2 is 1.95 bits per heavy atom. The van der Waals surface area contributed by atoms with Crippen molar-refractivity contribution in [3.8, 4) is 0 Å². The van der Waals surface area contributed by atoms with Crippen LogP contribution in [0.2, 0.25) is 0 Å². The number of nitrogens with zero attached hydrogens (tertiary/aromatic N) is 2. The molecule has 1 spiro atoms. The predicted molar refractivity (Wildman–Crippen MR) is 84.6 cm³/mol. The smallest absolute Gasteiger partial charge is 0.258 e. The number of nitro groups is 1. The van der Waals surface area contributed by atoms with Crippen molar-refractivity contribution in [1.82, 2.24) is 4.48 Å². The maximum atomic E-state index is 10.9. The summed E-state index contributed by atoms with van der Waals surface area (Å²) in [4.78, 5) is 10.6. The minimum absolute atomic E-state index is 0.151. The highest BCUT2D eigenvalue weighted by atomic mass is 32.1. The number of benzene rings is 1. The molecule has 0 N–H and O–H groups in total. The van der Waals surface area contributed by atoms with E-state index in [1.165, 1.54) is 24.9 Å². The van der Waals surface area contributed by atoms with Crippen molar-refractivity contribution in [2.75, 3.05) is 0 Å². The van der Waals surface area contributed by atoms with Crippen LogP contribution >= 0.6 is 12.6 Å². The molecule has 1 aromatic rings. The Bertz CT molecular complexity index is 602. The number of non-ortho nitro benzene ring substituents is 1. The van der Waals surface area contributed by atoms with E-state index < -0.39 is 0 Å². The number of quaternary nitrogens is 1. The molecule has 1 aromatic carbocycles. The molecule has 0 aromatic heterocycles. The fourth-order valence-corrected chi connectivity index (χ4v) is 4.60. The molecule has 0 radical (unpaired) electrons. The third-order valence-electron chi connectivity index (χ3n) is 4.92. The topological polar surface area (TPSA) is 43.1 Å². The van der Waals surface area contributed by atoms with E-state index in [9.17, 15) is 10.1 Å². The molecule has 1 fully saturated rings. The molecule has 2 heterocycles. The number of thiol groups is 1. The van der Waals surface area contributed by atoms with Crippen LogP contribution in [0.5, 0.6) is 0 Å². The van der Waals surface area contributed by atoms with Crippen LogP contribution in [0.15, 0.2) is 23.2 Å². The van der Waals surface area contributed by atoms with Crippen molar-refractivity contribution in [1.29, 1.82) is 0 Å². The Hall–Kier alpha value is -1.33. The van der Waals surface area contributed by atoms with Gasteiger partial charge in [0.2, 0.25) is 0 Å². The van der Waals surface area contributed by atoms with Crippen molar-refractivity contribution >= 4 is 30.1 Å². The highest BCUT2D eigenvalue weighted by Crippen LogP contribution is 2.50. The predicted octanol–water partition coefficient (Wildman–Crippen LogP) is 4.10. The number of hydrogen-bond acceptors (Lipinski definition) is 3. The lowest BCUT2D eigenvalue weighted by molar-refractivity contribution is -0.384. The molecule has 0 aliphatic carbocycles. The van der Waals surface area contributed by atoms with Gasteiger partial charge in [-0.3, -0.25) is 10.1 Å². The Balaban J connectivity index is 2.18. The van der Waals surface area contributed by atoms with E-state index in [0.29, 0.717) is 12.1 Å². The first-order chi connectivity index (χ1) is 9.47. The summed E-state index contributed by atoms with van der Waals surface area (Å²) in [7, 11) is 0. The average Bonchev–Trinajstić information content (AvgIpc) is 2.68. The van der Waals surface area contributed by atoms with Gasteiger partial charge in [0, 0.05) is 42.7 Å². The van der Waals surface area contributed by atoms with E-state index in [1.807, 2.05) is 12.1 Å². The SMILES string of the molecule is CC1CCCC(C)[N+]12C(S)=Cc1cc([N+](=O)[O-])ccc12. The Morgan fingerprint density at radius 3 is 2.55 bits per heavy atom. The van der Waals surface area contributed by atoms with Gasteiger partial charge in [0.05, 0.1) is 17.0 Å². The van der Waals surface area contributed by atoms with Gasteiger partial charge in [-0.15, -0.1) is 0 Å². The first-order valence-electron chi connectivity index (χ1n) is 7.06. The minimum atomic E-state index is -0.335. The standard InChI is InChI=1S/C15H18N2O2S/c1-10-4-3-5-11(2)17(10)14-7-6-13(16(18)19)8-12(14)9-15(17)20/h6-11H,3-5H2,1-2H3/p+1. The molecule has 0 saturated carbocycles. The fourth-order valence-electron chi connectivity index (χ4n) is 3.95. The lowest BCUT2D eigenvalue weighted by Gasteiger charge is -2.48. The highest BCUT2D eigenvalue weighted by Gasteiger charge is 2.50. The minimum Gasteiger partial charge on any atom is -0.258 e. The fraction of sp³-hybridized carbons (Fsp3) is 0.467. The molecule has 106 valence electrons. The van der Waals surface area contributed by atoms with Crippen LogP contribution in [0.3, 0.4) is 0 Å². The number of nitro benzene ring substituents is 1. The molecule has 2 aliphatic heterocycles. The van der Waals surface area contributed by atoms with Crippen LogP contribution in [0.25, 0.3) is 6.08 Å². The van der Waals surface area contributed by atoms with Crippen LogP contribution < -0.4 is 4.48 Å². The number of piperidine rings is 1. The van der Waals surface area contributed by atoms with Gasteiger partial charge in [0.25, 0.3) is 5.69 Å². The summed E-state index contributed by atoms with van der Waals surface area (Å²) in [6, 6.07) is 6.14.